The van der Waals surface area contributed by atoms with Gasteiger partial charge in [-0.3, -0.25) is 4.79 Å². The Labute approximate surface area is 119 Å². The average Bonchev–Trinajstić information content (AvgIpc) is 2.46. The molecular formula is C15H21NO2S. The van der Waals surface area contributed by atoms with E-state index in [0.717, 1.165) is 36.1 Å². The highest BCUT2D eigenvalue weighted by molar-refractivity contribution is 7.98. The molecule has 4 heteroatoms. The van der Waals surface area contributed by atoms with Crippen LogP contribution in [0.2, 0.25) is 0 Å². The van der Waals surface area contributed by atoms with E-state index in [0.29, 0.717) is 0 Å². The molecule has 104 valence electrons. The molecule has 0 aliphatic heterocycles. The quantitative estimate of drug-likeness (QED) is 0.865. The summed E-state index contributed by atoms with van der Waals surface area (Å²) in [6, 6.07) is 7.61. The minimum absolute atomic E-state index is 0.0101. The smallest absolute Gasteiger partial charge is 0.255 e. The largest absolute Gasteiger partial charge is 0.391 e. The molecule has 19 heavy (non-hydrogen) atoms. The number of carbonyl (C=O) groups is 1. The van der Waals surface area contributed by atoms with Crippen molar-refractivity contribution >= 4 is 17.7 Å². The van der Waals surface area contributed by atoms with Crippen LogP contribution in [0.25, 0.3) is 0 Å². The second-order valence-corrected chi connectivity index (χ2v) is 5.88. The minimum Gasteiger partial charge on any atom is -0.391 e. The van der Waals surface area contributed by atoms with Gasteiger partial charge in [0, 0.05) is 11.9 Å². The van der Waals surface area contributed by atoms with Crippen LogP contribution in [-0.4, -0.2) is 41.4 Å². The summed E-state index contributed by atoms with van der Waals surface area (Å²) in [6.45, 7) is 0. The molecular weight excluding hydrogens is 258 g/mol. The number of thioether (sulfide) groups is 1. The molecule has 2 rings (SSSR count). The van der Waals surface area contributed by atoms with Crippen molar-refractivity contribution in [1.82, 2.24) is 4.90 Å². The summed E-state index contributed by atoms with van der Waals surface area (Å²) in [5.41, 5.74) is 0.732. The maximum absolute atomic E-state index is 12.6. The third-order valence-corrected chi connectivity index (χ3v) is 4.64. The highest BCUT2D eigenvalue weighted by atomic mass is 32.2. The van der Waals surface area contributed by atoms with Gasteiger partial charge in [-0.1, -0.05) is 25.0 Å². The molecule has 1 amide bonds. The zero-order valence-electron chi connectivity index (χ0n) is 11.5. The van der Waals surface area contributed by atoms with Gasteiger partial charge in [-0.15, -0.1) is 11.8 Å². The van der Waals surface area contributed by atoms with Gasteiger partial charge in [-0.05, 0) is 31.2 Å². The first-order valence-corrected chi connectivity index (χ1v) is 7.96. The molecule has 1 N–H and O–H groups in total. The van der Waals surface area contributed by atoms with Crippen molar-refractivity contribution < 1.29 is 9.90 Å². The van der Waals surface area contributed by atoms with Crippen molar-refractivity contribution in [3.05, 3.63) is 29.8 Å². The van der Waals surface area contributed by atoms with Gasteiger partial charge in [0.05, 0.1) is 17.7 Å². The van der Waals surface area contributed by atoms with Gasteiger partial charge in [-0.25, -0.2) is 0 Å². The van der Waals surface area contributed by atoms with E-state index in [4.69, 9.17) is 0 Å². The zero-order chi connectivity index (χ0) is 13.8. The molecule has 0 bridgehead atoms. The number of amides is 1. The maximum Gasteiger partial charge on any atom is 0.255 e. The lowest BCUT2D eigenvalue weighted by Gasteiger charge is -2.35. The molecule has 1 saturated carbocycles. The van der Waals surface area contributed by atoms with Gasteiger partial charge in [0.15, 0.2) is 0 Å². The molecule has 1 aromatic rings. The normalized spacial score (nSPS) is 23.1. The van der Waals surface area contributed by atoms with E-state index in [1.54, 1.807) is 23.7 Å². The Morgan fingerprint density at radius 3 is 2.68 bits per heavy atom. The number of hydrogen-bond acceptors (Lipinski definition) is 3. The number of aliphatic hydroxyl groups is 1. The number of carbonyl (C=O) groups excluding carboxylic acids is 1. The molecule has 1 aliphatic rings. The third-order valence-electron chi connectivity index (χ3n) is 3.85. The highest BCUT2D eigenvalue weighted by Gasteiger charge is 2.30. The Kier molecular flexibility index (Phi) is 4.88. The van der Waals surface area contributed by atoms with Crippen molar-refractivity contribution in [2.45, 2.75) is 42.7 Å². The third kappa shape index (κ3) is 3.12. The van der Waals surface area contributed by atoms with Gasteiger partial charge >= 0.3 is 0 Å². The number of aliphatic hydroxyl groups excluding tert-OH is 1. The molecule has 3 nitrogen and oxygen atoms in total. The van der Waals surface area contributed by atoms with Gasteiger partial charge in [0.2, 0.25) is 0 Å². The molecule has 2 atom stereocenters. The Morgan fingerprint density at radius 1 is 1.32 bits per heavy atom. The van der Waals surface area contributed by atoms with E-state index in [1.807, 2.05) is 30.5 Å². The molecule has 2 unspecified atom stereocenters. The Hall–Kier alpha value is -1.00. The predicted molar refractivity (Wildman–Crippen MR) is 78.6 cm³/mol. The van der Waals surface area contributed by atoms with Crippen molar-refractivity contribution in [2.24, 2.45) is 0 Å². The van der Waals surface area contributed by atoms with Crippen LogP contribution in [0.4, 0.5) is 0 Å². The molecule has 0 heterocycles. The fraction of sp³-hybridized carbons (Fsp3) is 0.533. The SMILES string of the molecule is CSc1ccccc1C(=O)N(C)C1CCCCC1O. The summed E-state index contributed by atoms with van der Waals surface area (Å²) >= 11 is 1.58. The molecule has 0 aromatic heterocycles. The standard InChI is InChI=1S/C15H21NO2S/c1-16(12-8-4-5-9-13(12)17)15(18)11-7-3-6-10-14(11)19-2/h3,6-7,10,12-13,17H,4-5,8-9H2,1-2H3. The fourth-order valence-corrected chi connectivity index (χ4v) is 3.30. The van der Waals surface area contributed by atoms with Gasteiger partial charge in [0.25, 0.3) is 5.91 Å². The number of rotatable bonds is 3. The van der Waals surface area contributed by atoms with Crippen molar-refractivity contribution in [2.75, 3.05) is 13.3 Å². The summed E-state index contributed by atoms with van der Waals surface area (Å²) in [4.78, 5) is 15.3. The monoisotopic (exact) mass is 279 g/mol. The summed E-state index contributed by atoms with van der Waals surface area (Å²) < 4.78 is 0. The topological polar surface area (TPSA) is 40.5 Å². The first-order chi connectivity index (χ1) is 9.15. The number of likely N-dealkylation sites (N-methyl/N-ethyl adjacent to an activating group) is 1. The average molecular weight is 279 g/mol. The van der Waals surface area contributed by atoms with E-state index < -0.39 is 0 Å². The van der Waals surface area contributed by atoms with Gasteiger partial charge in [0.1, 0.15) is 0 Å². The molecule has 0 saturated heterocycles. The van der Waals surface area contributed by atoms with Crippen LogP contribution >= 0.6 is 11.8 Å². The second-order valence-electron chi connectivity index (χ2n) is 5.04. The van der Waals surface area contributed by atoms with E-state index >= 15 is 0 Å². The summed E-state index contributed by atoms with van der Waals surface area (Å²) in [6.07, 6.45) is 5.42. The molecule has 0 spiro atoms. The Balaban J connectivity index is 2.18. The molecule has 1 fully saturated rings. The summed E-state index contributed by atoms with van der Waals surface area (Å²) in [5.74, 6) is 0.0101. The first-order valence-electron chi connectivity index (χ1n) is 6.73. The Morgan fingerprint density at radius 2 is 2.00 bits per heavy atom. The lowest BCUT2D eigenvalue weighted by molar-refractivity contribution is 0.0266. The van der Waals surface area contributed by atoms with E-state index in [2.05, 4.69) is 0 Å². The van der Waals surface area contributed by atoms with E-state index in [-0.39, 0.29) is 18.1 Å². The summed E-state index contributed by atoms with van der Waals surface area (Å²) in [5, 5.41) is 10.1. The number of hydrogen-bond donors (Lipinski definition) is 1. The van der Waals surface area contributed by atoms with E-state index in [9.17, 15) is 9.90 Å². The highest BCUT2D eigenvalue weighted by Crippen LogP contribution is 2.26. The van der Waals surface area contributed by atoms with Crippen LogP contribution < -0.4 is 0 Å². The van der Waals surface area contributed by atoms with Gasteiger partial charge in [-0.2, -0.15) is 0 Å². The van der Waals surface area contributed by atoms with E-state index in [1.165, 1.54) is 0 Å². The van der Waals surface area contributed by atoms with Crippen LogP contribution in [-0.2, 0) is 0 Å². The van der Waals surface area contributed by atoms with Crippen LogP contribution in [0, 0.1) is 0 Å². The molecule has 1 aliphatic carbocycles. The number of nitrogens with zero attached hydrogens (tertiary/aromatic N) is 1. The molecule has 0 radical (unpaired) electrons. The van der Waals surface area contributed by atoms with Gasteiger partial charge < -0.3 is 10.0 Å². The first kappa shape index (κ1) is 14.4. The lowest BCUT2D eigenvalue weighted by Crippen LogP contribution is -2.46. The summed E-state index contributed by atoms with van der Waals surface area (Å²) in [7, 11) is 1.80. The van der Waals surface area contributed by atoms with Crippen LogP contribution in [0.3, 0.4) is 0 Å². The van der Waals surface area contributed by atoms with Crippen LogP contribution in [0.15, 0.2) is 29.2 Å². The predicted octanol–water partition coefficient (Wildman–Crippen LogP) is 2.78. The Bertz CT molecular complexity index is 450. The second kappa shape index (κ2) is 6.44. The van der Waals surface area contributed by atoms with Crippen molar-refractivity contribution in [3.8, 4) is 0 Å². The fourth-order valence-electron chi connectivity index (χ4n) is 2.71. The lowest BCUT2D eigenvalue weighted by atomic mass is 9.91. The molecule has 1 aromatic carbocycles. The van der Waals surface area contributed by atoms with Crippen LogP contribution in [0.1, 0.15) is 36.0 Å². The van der Waals surface area contributed by atoms with Crippen molar-refractivity contribution in [3.63, 3.8) is 0 Å². The number of benzene rings is 1. The van der Waals surface area contributed by atoms with Crippen LogP contribution in [0.5, 0.6) is 0 Å². The maximum atomic E-state index is 12.6. The minimum atomic E-state index is -0.385. The van der Waals surface area contributed by atoms with Crippen molar-refractivity contribution in [1.29, 1.82) is 0 Å². The zero-order valence-corrected chi connectivity index (χ0v) is 12.3.